The van der Waals surface area contributed by atoms with Crippen molar-refractivity contribution in [2.75, 3.05) is 26.2 Å². The molecule has 0 amide bonds. The summed E-state index contributed by atoms with van der Waals surface area (Å²) in [6.45, 7) is 10.0. The van der Waals surface area contributed by atoms with Crippen molar-refractivity contribution in [3.8, 4) is 0 Å². The number of hydrogen-bond donors (Lipinski definition) is 3. The highest BCUT2D eigenvalue weighted by Gasteiger charge is 2.35. The Kier molecular flexibility index (Phi) is 6.92. The maximum atomic E-state index is 10.9. The maximum Gasteiger partial charge on any atom is 0.306 e. The van der Waals surface area contributed by atoms with Gasteiger partial charge in [0.2, 0.25) is 0 Å². The van der Waals surface area contributed by atoms with Crippen molar-refractivity contribution in [3.05, 3.63) is 0 Å². The molecule has 1 saturated carbocycles. The van der Waals surface area contributed by atoms with Gasteiger partial charge in [-0.15, -0.1) is 0 Å². The number of hydrogen-bond acceptors (Lipinski definition) is 4. The van der Waals surface area contributed by atoms with E-state index in [2.05, 4.69) is 31.0 Å². The van der Waals surface area contributed by atoms with Crippen LogP contribution in [0.5, 0.6) is 0 Å². The summed E-state index contributed by atoms with van der Waals surface area (Å²) in [4.78, 5) is 13.3. The molecule has 1 rings (SSSR count). The minimum atomic E-state index is -0.733. The van der Waals surface area contributed by atoms with Crippen molar-refractivity contribution in [2.24, 2.45) is 5.92 Å². The SMILES string of the molecule is CCN(CC)CC(C)NCC1(O)CCC(C(=O)O)CC1. The standard InChI is InChI=1S/C15H30N2O3/c1-4-17(5-2)10-12(3)16-11-15(20)8-6-13(7-9-15)14(18)19/h12-13,16,20H,4-11H2,1-3H3,(H,18,19). The Hall–Kier alpha value is -0.650. The first-order chi connectivity index (χ1) is 9.40. The van der Waals surface area contributed by atoms with Crippen molar-refractivity contribution in [1.29, 1.82) is 0 Å². The Morgan fingerprint density at radius 3 is 2.35 bits per heavy atom. The van der Waals surface area contributed by atoms with Gasteiger partial charge in [-0.2, -0.15) is 0 Å². The first-order valence-electron chi connectivity index (χ1n) is 7.81. The smallest absolute Gasteiger partial charge is 0.306 e. The van der Waals surface area contributed by atoms with Gasteiger partial charge >= 0.3 is 5.97 Å². The summed E-state index contributed by atoms with van der Waals surface area (Å²) in [7, 11) is 0. The molecule has 0 bridgehead atoms. The van der Waals surface area contributed by atoms with E-state index in [0.717, 1.165) is 19.6 Å². The number of carboxylic acids is 1. The lowest BCUT2D eigenvalue weighted by molar-refractivity contribution is -0.144. The largest absolute Gasteiger partial charge is 0.481 e. The third kappa shape index (κ3) is 5.38. The minimum absolute atomic E-state index is 0.275. The van der Waals surface area contributed by atoms with Gasteiger partial charge in [0.15, 0.2) is 0 Å². The van der Waals surface area contributed by atoms with E-state index >= 15 is 0 Å². The van der Waals surface area contributed by atoms with Crippen LogP contribution < -0.4 is 5.32 Å². The molecular weight excluding hydrogens is 256 g/mol. The molecule has 1 unspecified atom stereocenters. The Labute approximate surface area is 122 Å². The number of nitrogens with one attached hydrogen (secondary N) is 1. The third-order valence-electron chi connectivity index (χ3n) is 4.47. The minimum Gasteiger partial charge on any atom is -0.481 e. The van der Waals surface area contributed by atoms with Gasteiger partial charge in [-0.3, -0.25) is 4.79 Å². The fourth-order valence-corrected chi connectivity index (χ4v) is 2.88. The van der Waals surface area contributed by atoms with Crippen LogP contribution in [-0.4, -0.2) is 58.9 Å². The average Bonchev–Trinajstić information content (AvgIpc) is 2.43. The molecule has 1 fully saturated rings. The van der Waals surface area contributed by atoms with E-state index in [1.807, 2.05) is 0 Å². The summed E-state index contributed by atoms with van der Waals surface area (Å²) in [6, 6.07) is 0.330. The summed E-state index contributed by atoms with van der Waals surface area (Å²) >= 11 is 0. The van der Waals surface area contributed by atoms with E-state index in [4.69, 9.17) is 5.11 Å². The normalized spacial score (nSPS) is 28.6. The van der Waals surface area contributed by atoms with E-state index in [-0.39, 0.29) is 5.92 Å². The quantitative estimate of drug-likeness (QED) is 0.627. The molecule has 0 aromatic heterocycles. The molecule has 0 aromatic rings. The van der Waals surface area contributed by atoms with Crippen LogP contribution in [0.4, 0.5) is 0 Å². The fourth-order valence-electron chi connectivity index (χ4n) is 2.88. The first kappa shape index (κ1) is 17.4. The Bertz CT molecular complexity index is 297. The zero-order chi connectivity index (χ0) is 15.2. The highest BCUT2D eigenvalue weighted by molar-refractivity contribution is 5.70. The molecule has 20 heavy (non-hydrogen) atoms. The second-order valence-corrected chi connectivity index (χ2v) is 6.10. The van der Waals surface area contributed by atoms with Crippen molar-refractivity contribution in [2.45, 2.75) is 58.1 Å². The van der Waals surface area contributed by atoms with Gasteiger partial charge in [-0.05, 0) is 45.7 Å². The van der Waals surface area contributed by atoms with Crippen LogP contribution in [0.1, 0.15) is 46.5 Å². The van der Waals surface area contributed by atoms with Crippen molar-refractivity contribution >= 4 is 5.97 Å². The van der Waals surface area contributed by atoms with Gasteiger partial charge in [0.05, 0.1) is 11.5 Å². The molecule has 5 heteroatoms. The molecule has 0 saturated heterocycles. The zero-order valence-electron chi connectivity index (χ0n) is 13.1. The lowest BCUT2D eigenvalue weighted by atomic mass is 9.78. The Balaban J connectivity index is 2.32. The molecule has 0 heterocycles. The molecule has 5 nitrogen and oxygen atoms in total. The van der Waals surface area contributed by atoms with E-state index < -0.39 is 11.6 Å². The van der Waals surface area contributed by atoms with Crippen LogP contribution in [0, 0.1) is 5.92 Å². The van der Waals surface area contributed by atoms with Gasteiger partial charge in [0.1, 0.15) is 0 Å². The molecule has 3 N–H and O–H groups in total. The van der Waals surface area contributed by atoms with Crippen molar-refractivity contribution < 1.29 is 15.0 Å². The zero-order valence-corrected chi connectivity index (χ0v) is 13.1. The number of likely N-dealkylation sites (N-methyl/N-ethyl adjacent to an activating group) is 1. The molecule has 0 aliphatic heterocycles. The monoisotopic (exact) mass is 286 g/mol. The molecule has 0 aromatic carbocycles. The predicted molar refractivity (Wildman–Crippen MR) is 79.8 cm³/mol. The molecule has 1 atom stereocenters. The summed E-state index contributed by atoms with van der Waals surface area (Å²) in [5, 5.41) is 22.9. The number of carboxylic acid groups (broad SMARTS) is 1. The van der Waals surface area contributed by atoms with Crippen LogP contribution in [0.15, 0.2) is 0 Å². The van der Waals surface area contributed by atoms with E-state index in [1.54, 1.807) is 0 Å². The van der Waals surface area contributed by atoms with Crippen LogP contribution in [0.25, 0.3) is 0 Å². The van der Waals surface area contributed by atoms with Gasteiger partial charge < -0.3 is 20.4 Å². The lowest BCUT2D eigenvalue weighted by Gasteiger charge is -2.36. The van der Waals surface area contributed by atoms with Crippen molar-refractivity contribution in [3.63, 3.8) is 0 Å². The summed E-state index contributed by atoms with van der Waals surface area (Å²) in [5.41, 5.74) is -0.733. The van der Waals surface area contributed by atoms with Crippen LogP contribution in [0.2, 0.25) is 0 Å². The number of nitrogens with zero attached hydrogens (tertiary/aromatic N) is 1. The highest BCUT2D eigenvalue weighted by Crippen LogP contribution is 2.31. The van der Waals surface area contributed by atoms with Crippen LogP contribution in [-0.2, 0) is 4.79 Å². The highest BCUT2D eigenvalue weighted by atomic mass is 16.4. The average molecular weight is 286 g/mol. The van der Waals surface area contributed by atoms with Gasteiger partial charge in [0, 0.05) is 19.1 Å². The van der Waals surface area contributed by atoms with Gasteiger partial charge in [-0.25, -0.2) is 0 Å². The maximum absolute atomic E-state index is 10.9. The van der Waals surface area contributed by atoms with Gasteiger partial charge in [0.25, 0.3) is 0 Å². The number of carbonyl (C=O) groups is 1. The molecule has 0 radical (unpaired) electrons. The lowest BCUT2D eigenvalue weighted by Crippen LogP contribution is -2.49. The van der Waals surface area contributed by atoms with E-state index in [9.17, 15) is 9.90 Å². The topological polar surface area (TPSA) is 72.8 Å². The molecular formula is C15H30N2O3. The first-order valence-corrected chi connectivity index (χ1v) is 7.81. The molecule has 0 spiro atoms. The van der Waals surface area contributed by atoms with E-state index in [0.29, 0.717) is 38.3 Å². The Morgan fingerprint density at radius 2 is 1.90 bits per heavy atom. The number of aliphatic carboxylic acids is 1. The van der Waals surface area contributed by atoms with E-state index in [1.165, 1.54) is 0 Å². The second kappa shape index (κ2) is 7.96. The third-order valence-corrected chi connectivity index (χ3v) is 4.47. The molecule has 1 aliphatic rings. The van der Waals surface area contributed by atoms with Crippen molar-refractivity contribution in [1.82, 2.24) is 10.2 Å². The second-order valence-electron chi connectivity index (χ2n) is 6.10. The Morgan fingerprint density at radius 1 is 1.35 bits per heavy atom. The van der Waals surface area contributed by atoms with Crippen LogP contribution >= 0.6 is 0 Å². The number of rotatable bonds is 8. The molecule has 1 aliphatic carbocycles. The van der Waals surface area contributed by atoms with Crippen LogP contribution in [0.3, 0.4) is 0 Å². The summed E-state index contributed by atoms with van der Waals surface area (Å²) in [6.07, 6.45) is 2.32. The van der Waals surface area contributed by atoms with Gasteiger partial charge in [-0.1, -0.05) is 13.8 Å². The fraction of sp³-hybridized carbons (Fsp3) is 0.933. The predicted octanol–water partition coefficient (Wildman–Crippen LogP) is 1.31. The summed E-state index contributed by atoms with van der Waals surface area (Å²) < 4.78 is 0. The summed E-state index contributed by atoms with van der Waals surface area (Å²) in [5.74, 6) is -1.00. The molecule has 118 valence electrons. The number of aliphatic hydroxyl groups is 1.